The average molecular weight is 363 g/mol. The number of aromatic amines is 1. The van der Waals surface area contributed by atoms with Crippen molar-refractivity contribution in [3.63, 3.8) is 0 Å². The summed E-state index contributed by atoms with van der Waals surface area (Å²) in [5.41, 5.74) is 3.38. The number of H-pyrrole nitrogens is 1. The van der Waals surface area contributed by atoms with Gasteiger partial charge in [0.25, 0.3) is 10.2 Å². The monoisotopic (exact) mass is 363 g/mol. The van der Waals surface area contributed by atoms with Gasteiger partial charge in [-0.15, -0.1) is 0 Å². The lowest BCUT2D eigenvalue weighted by Gasteiger charge is -2.36. The molecule has 1 fully saturated rings. The maximum atomic E-state index is 13.1. The smallest absolute Gasteiger partial charge is 0.282 e. The fourth-order valence-corrected chi connectivity index (χ4v) is 5.84. The zero-order valence-electron chi connectivity index (χ0n) is 14.6. The number of fused-ring (bicyclic) bond motifs is 3. The normalized spacial score (nSPS) is 23.0. The van der Waals surface area contributed by atoms with Gasteiger partial charge < -0.3 is 9.72 Å². The molecule has 4 rings (SSSR count). The Bertz CT molecular complexity index is 860. The third kappa shape index (κ3) is 3.10. The van der Waals surface area contributed by atoms with Gasteiger partial charge in [-0.1, -0.05) is 18.2 Å². The topological polar surface area (TPSA) is 65.6 Å². The lowest BCUT2D eigenvalue weighted by molar-refractivity contribution is 0.116. The minimum Gasteiger partial charge on any atom is -0.384 e. The molecule has 1 saturated heterocycles. The van der Waals surface area contributed by atoms with Gasteiger partial charge in [0.05, 0.1) is 13.2 Å². The number of nitrogens with zero attached hydrogens (tertiary/aromatic N) is 2. The predicted octanol–water partition coefficient (Wildman–Crippen LogP) is 2.13. The minimum absolute atomic E-state index is 0.293. The molecule has 0 radical (unpaired) electrons. The van der Waals surface area contributed by atoms with Crippen LogP contribution < -0.4 is 0 Å². The van der Waals surface area contributed by atoms with Gasteiger partial charge in [-0.25, -0.2) is 0 Å². The Hall–Kier alpha value is -1.41. The third-order valence-electron chi connectivity index (χ3n) is 5.38. The average Bonchev–Trinajstić information content (AvgIpc) is 3.00. The fraction of sp³-hybridized carbons (Fsp3) is 0.556. The standard InChI is InChI=1S/C18H25N3O3S/c1-24-13-14-5-4-9-20(11-14)25(22,23)21-10-8-16-15-6-2-3-7-17(15)19-18(16)12-21/h2-3,6-7,14,19H,4-5,8-13H2,1H3. The molecule has 0 amide bonds. The van der Waals surface area contributed by atoms with E-state index < -0.39 is 10.2 Å². The second-order valence-corrected chi connectivity index (χ2v) is 8.97. The first kappa shape index (κ1) is 17.0. The molecule has 1 unspecified atom stereocenters. The molecule has 1 aromatic carbocycles. The molecule has 136 valence electrons. The first-order valence-corrected chi connectivity index (χ1v) is 10.3. The van der Waals surface area contributed by atoms with Crippen molar-refractivity contribution in [1.82, 2.24) is 13.6 Å². The van der Waals surface area contributed by atoms with E-state index in [-0.39, 0.29) is 0 Å². The van der Waals surface area contributed by atoms with Crippen LogP contribution in [0.1, 0.15) is 24.1 Å². The molecule has 7 heteroatoms. The van der Waals surface area contributed by atoms with Crippen molar-refractivity contribution in [3.8, 4) is 0 Å². The summed E-state index contributed by atoms with van der Waals surface area (Å²) in [6, 6.07) is 8.19. The molecule has 0 bridgehead atoms. The van der Waals surface area contributed by atoms with Crippen LogP contribution >= 0.6 is 0 Å². The maximum absolute atomic E-state index is 13.1. The van der Waals surface area contributed by atoms with Crippen molar-refractivity contribution in [2.75, 3.05) is 33.4 Å². The van der Waals surface area contributed by atoms with Crippen LogP contribution in [0.15, 0.2) is 24.3 Å². The van der Waals surface area contributed by atoms with E-state index in [4.69, 9.17) is 4.74 Å². The van der Waals surface area contributed by atoms with Gasteiger partial charge in [-0.3, -0.25) is 0 Å². The second kappa shape index (κ2) is 6.72. The quantitative estimate of drug-likeness (QED) is 0.905. The number of aromatic nitrogens is 1. The summed E-state index contributed by atoms with van der Waals surface area (Å²) < 4.78 is 34.7. The lowest BCUT2D eigenvalue weighted by Crippen LogP contribution is -2.49. The third-order valence-corrected chi connectivity index (χ3v) is 7.33. The Morgan fingerprint density at radius 2 is 2.08 bits per heavy atom. The second-order valence-electron chi connectivity index (χ2n) is 7.04. The molecule has 0 spiro atoms. The maximum Gasteiger partial charge on any atom is 0.282 e. The molecule has 25 heavy (non-hydrogen) atoms. The Morgan fingerprint density at radius 3 is 2.92 bits per heavy atom. The van der Waals surface area contributed by atoms with Crippen molar-refractivity contribution in [3.05, 3.63) is 35.5 Å². The fourth-order valence-electron chi connectivity index (χ4n) is 4.14. The number of rotatable bonds is 4. The van der Waals surface area contributed by atoms with E-state index in [1.54, 1.807) is 15.7 Å². The number of hydrogen-bond donors (Lipinski definition) is 1. The van der Waals surface area contributed by atoms with Crippen LogP contribution in [0.3, 0.4) is 0 Å². The van der Waals surface area contributed by atoms with Gasteiger partial charge in [0.15, 0.2) is 0 Å². The van der Waals surface area contributed by atoms with E-state index in [2.05, 4.69) is 11.1 Å². The highest BCUT2D eigenvalue weighted by atomic mass is 32.2. The van der Waals surface area contributed by atoms with E-state index in [1.165, 1.54) is 10.9 Å². The highest BCUT2D eigenvalue weighted by Crippen LogP contribution is 2.30. The van der Waals surface area contributed by atoms with Crippen LogP contribution in [0.5, 0.6) is 0 Å². The van der Waals surface area contributed by atoms with Crippen molar-refractivity contribution >= 4 is 21.1 Å². The summed E-state index contributed by atoms with van der Waals surface area (Å²) in [4.78, 5) is 3.41. The summed E-state index contributed by atoms with van der Waals surface area (Å²) in [7, 11) is -1.75. The summed E-state index contributed by atoms with van der Waals surface area (Å²) in [5.74, 6) is 0.293. The molecule has 2 aliphatic heterocycles. The number of piperidine rings is 1. The number of ether oxygens (including phenoxy) is 1. The molecule has 1 aromatic heterocycles. The molecule has 0 aliphatic carbocycles. The molecule has 1 atom stereocenters. The van der Waals surface area contributed by atoms with Crippen LogP contribution in [0.4, 0.5) is 0 Å². The minimum atomic E-state index is -3.43. The van der Waals surface area contributed by atoms with Crippen LogP contribution in [-0.4, -0.2) is 55.4 Å². The summed E-state index contributed by atoms with van der Waals surface area (Å²) in [6.45, 7) is 2.77. The van der Waals surface area contributed by atoms with E-state index in [0.29, 0.717) is 38.7 Å². The van der Waals surface area contributed by atoms with Crippen molar-refractivity contribution < 1.29 is 13.2 Å². The van der Waals surface area contributed by atoms with E-state index in [1.807, 2.05) is 18.2 Å². The molecule has 1 N–H and O–H groups in total. The Kier molecular flexibility index (Phi) is 4.58. The number of methoxy groups -OCH3 is 1. The molecular formula is C18H25N3O3S. The van der Waals surface area contributed by atoms with Gasteiger partial charge >= 0.3 is 0 Å². The Balaban J connectivity index is 1.55. The summed E-state index contributed by atoms with van der Waals surface area (Å²) >= 11 is 0. The predicted molar refractivity (Wildman–Crippen MR) is 97.5 cm³/mol. The van der Waals surface area contributed by atoms with Gasteiger partial charge in [0.1, 0.15) is 0 Å². The summed E-state index contributed by atoms with van der Waals surface area (Å²) in [5, 5.41) is 1.22. The van der Waals surface area contributed by atoms with Crippen LogP contribution in [0, 0.1) is 5.92 Å². The molecule has 0 saturated carbocycles. The van der Waals surface area contributed by atoms with Crippen molar-refractivity contribution in [2.45, 2.75) is 25.8 Å². The van der Waals surface area contributed by atoms with Gasteiger partial charge in [-0.2, -0.15) is 17.0 Å². The molecule has 6 nitrogen and oxygen atoms in total. The number of benzene rings is 1. The van der Waals surface area contributed by atoms with E-state index in [0.717, 1.165) is 30.5 Å². The van der Waals surface area contributed by atoms with E-state index >= 15 is 0 Å². The van der Waals surface area contributed by atoms with Crippen LogP contribution in [0.2, 0.25) is 0 Å². The number of hydrogen-bond acceptors (Lipinski definition) is 3. The molecule has 2 aliphatic rings. The Morgan fingerprint density at radius 1 is 1.24 bits per heavy atom. The highest BCUT2D eigenvalue weighted by molar-refractivity contribution is 7.86. The van der Waals surface area contributed by atoms with Crippen molar-refractivity contribution in [2.24, 2.45) is 5.92 Å². The molecule has 3 heterocycles. The first-order valence-electron chi connectivity index (χ1n) is 8.92. The van der Waals surface area contributed by atoms with Gasteiger partial charge in [0, 0.05) is 43.3 Å². The number of nitrogens with one attached hydrogen (secondary N) is 1. The van der Waals surface area contributed by atoms with Gasteiger partial charge in [-0.05, 0) is 36.8 Å². The zero-order valence-corrected chi connectivity index (χ0v) is 15.4. The lowest BCUT2D eigenvalue weighted by atomic mass is 10.0. The molecule has 2 aromatic rings. The largest absolute Gasteiger partial charge is 0.384 e. The summed E-state index contributed by atoms with van der Waals surface area (Å²) in [6.07, 6.45) is 2.69. The van der Waals surface area contributed by atoms with E-state index in [9.17, 15) is 8.42 Å². The first-order chi connectivity index (χ1) is 12.1. The Labute approximate surface area is 148 Å². The highest BCUT2D eigenvalue weighted by Gasteiger charge is 2.36. The van der Waals surface area contributed by atoms with Crippen molar-refractivity contribution in [1.29, 1.82) is 0 Å². The van der Waals surface area contributed by atoms with Crippen LogP contribution in [0.25, 0.3) is 10.9 Å². The zero-order chi connectivity index (χ0) is 17.4. The van der Waals surface area contributed by atoms with Crippen LogP contribution in [-0.2, 0) is 27.9 Å². The van der Waals surface area contributed by atoms with Gasteiger partial charge in [0.2, 0.25) is 0 Å². The SMILES string of the molecule is COCC1CCCN(S(=O)(=O)N2CCc3c([nH]c4ccccc34)C2)C1. The molecular weight excluding hydrogens is 338 g/mol. The number of para-hydroxylation sites is 1.